The van der Waals surface area contributed by atoms with Gasteiger partial charge in [-0.3, -0.25) is 4.79 Å². The highest BCUT2D eigenvalue weighted by Crippen LogP contribution is 2.36. The van der Waals surface area contributed by atoms with Crippen LogP contribution in [0.15, 0.2) is 12.1 Å². The molecule has 1 unspecified atom stereocenters. The molecule has 0 amide bonds. The molecular weight excluding hydrogens is 260 g/mol. The number of ether oxygens (including phenoxy) is 2. The van der Waals surface area contributed by atoms with Crippen LogP contribution in [-0.4, -0.2) is 24.8 Å². The molecule has 1 aromatic carbocycles. The summed E-state index contributed by atoms with van der Waals surface area (Å²) in [5.74, 6) is 1.47. The number of hydrogen-bond acceptors (Lipinski definition) is 3. The second kappa shape index (κ2) is 3.85. The van der Waals surface area contributed by atoms with Crippen LogP contribution in [0.1, 0.15) is 15.9 Å². The van der Waals surface area contributed by atoms with Gasteiger partial charge in [-0.2, -0.15) is 0 Å². The Balaban J connectivity index is 2.57. The van der Waals surface area contributed by atoms with Crippen molar-refractivity contribution in [1.82, 2.24) is 0 Å². The molecule has 0 heterocycles. The summed E-state index contributed by atoms with van der Waals surface area (Å²) in [7, 11) is 3.17. The molecule has 80 valence electrons. The Morgan fingerprint density at radius 1 is 1.33 bits per heavy atom. The second-order valence-electron chi connectivity index (χ2n) is 3.39. The number of fused-ring (bicyclic) bond motifs is 1. The topological polar surface area (TPSA) is 35.5 Å². The zero-order valence-corrected chi connectivity index (χ0v) is 10.1. The predicted octanol–water partition coefficient (Wildman–Crippen LogP) is 2.21. The maximum Gasteiger partial charge on any atom is 0.177 e. The molecule has 0 bridgehead atoms. The van der Waals surface area contributed by atoms with E-state index in [0.717, 1.165) is 11.3 Å². The van der Waals surface area contributed by atoms with Crippen molar-refractivity contribution in [2.45, 2.75) is 11.2 Å². The van der Waals surface area contributed by atoms with E-state index in [1.165, 1.54) is 0 Å². The van der Waals surface area contributed by atoms with Gasteiger partial charge in [-0.05, 0) is 12.5 Å². The van der Waals surface area contributed by atoms with Gasteiger partial charge >= 0.3 is 0 Å². The van der Waals surface area contributed by atoms with Gasteiger partial charge in [0, 0.05) is 17.2 Å². The van der Waals surface area contributed by atoms with Crippen LogP contribution in [0, 0.1) is 0 Å². The molecule has 0 radical (unpaired) electrons. The molecule has 0 fully saturated rings. The van der Waals surface area contributed by atoms with E-state index >= 15 is 0 Å². The average molecular weight is 271 g/mol. The Morgan fingerprint density at radius 3 is 2.67 bits per heavy atom. The lowest BCUT2D eigenvalue weighted by Gasteiger charge is -2.08. The molecule has 0 aromatic heterocycles. The smallest absolute Gasteiger partial charge is 0.177 e. The molecule has 0 aliphatic heterocycles. The van der Waals surface area contributed by atoms with Crippen molar-refractivity contribution in [2.75, 3.05) is 14.2 Å². The Bertz CT molecular complexity index is 415. The zero-order chi connectivity index (χ0) is 11.0. The van der Waals surface area contributed by atoms with Crippen molar-refractivity contribution in [3.63, 3.8) is 0 Å². The highest BCUT2D eigenvalue weighted by molar-refractivity contribution is 9.10. The normalized spacial score (nSPS) is 18.9. The van der Waals surface area contributed by atoms with Gasteiger partial charge in [0.1, 0.15) is 11.5 Å². The second-order valence-corrected chi connectivity index (χ2v) is 4.50. The van der Waals surface area contributed by atoms with E-state index in [1.54, 1.807) is 26.4 Å². The first-order valence-corrected chi connectivity index (χ1v) is 5.52. The number of alkyl halides is 1. The Kier molecular flexibility index (Phi) is 2.69. The largest absolute Gasteiger partial charge is 0.497 e. The number of ketones is 1. The van der Waals surface area contributed by atoms with Crippen molar-refractivity contribution < 1.29 is 14.3 Å². The van der Waals surface area contributed by atoms with Gasteiger partial charge in [0.05, 0.1) is 19.0 Å². The van der Waals surface area contributed by atoms with E-state index in [-0.39, 0.29) is 10.6 Å². The minimum Gasteiger partial charge on any atom is -0.497 e. The molecule has 0 saturated heterocycles. The highest BCUT2D eigenvalue weighted by atomic mass is 79.9. The fraction of sp³-hybridized carbons (Fsp3) is 0.364. The number of hydrogen-bond donors (Lipinski definition) is 0. The van der Waals surface area contributed by atoms with Crippen molar-refractivity contribution in [1.29, 1.82) is 0 Å². The number of Topliss-reactive ketones (excluding diaryl/α,β-unsaturated/α-hetero) is 1. The molecule has 15 heavy (non-hydrogen) atoms. The van der Waals surface area contributed by atoms with E-state index in [4.69, 9.17) is 9.47 Å². The van der Waals surface area contributed by atoms with Crippen molar-refractivity contribution in [3.05, 3.63) is 23.3 Å². The summed E-state index contributed by atoms with van der Waals surface area (Å²) in [6.45, 7) is 0. The van der Waals surface area contributed by atoms with Gasteiger partial charge in [-0.15, -0.1) is 0 Å². The summed E-state index contributed by atoms with van der Waals surface area (Å²) in [5, 5.41) is 0. The van der Waals surface area contributed by atoms with Crippen molar-refractivity contribution in [2.24, 2.45) is 0 Å². The van der Waals surface area contributed by atoms with Gasteiger partial charge in [-0.25, -0.2) is 0 Å². The van der Waals surface area contributed by atoms with E-state index in [1.807, 2.05) is 0 Å². The average Bonchev–Trinajstić information content (AvgIpc) is 2.54. The molecule has 4 heteroatoms. The minimum absolute atomic E-state index is 0.0993. The third-order valence-corrected chi connectivity index (χ3v) is 3.31. The Morgan fingerprint density at radius 2 is 2.07 bits per heavy atom. The van der Waals surface area contributed by atoms with Gasteiger partial charge in [-0.1, -0.05) is 15.9 Å². The standard InChI is InChI=1S/C11H11BrO3/c1-14-6-3-8-7(10(4-6)15-2)5-9(12)11(8)13/h3-4,9H,5H2,1-2H3. The number of carbonyl (C=O) groups is 1. The third-order valence-electron chi connectivity index (χ3n) is 2.57. The van der Waals surface area contributed by atoms with Crippen LogP contribution in [0.4, 0.5) is 0 Å². The van der Waals surface area contributed by atoms with Gasteiger partial charge < -0.3 is 9.47 Å². The molecule has 1 aliphatic carbocycles. The fourth-order valence-electron chi connectivity index (χ4n) is 1.79. The number of rotatable bonds is 2. The Labute approximate surface area is 96.5 Å². The number of carbonyl (C=O) groups excluding carboxylic acids is 1. The fourth-order valence-corrected chi connectivity index (χ4v) is 2.36. The molecule has 2 rings (SSSR count). The molecular formula is C11H11BrO3. The van der Waals surface area contributed by atoms with Crippen molar-refractivity contribution >= 4 is 21.7 Å². The SMILES string of the molecule is COc1cc(OC)c2c(c1)C(=O)C(Br)C2. The number of halogens is 1. The number of methoxy groups -OCH3 is 2. The molecule has 3 nitrogen and oxygen atoms in total. The summed E-state index contributed by atoms with van der Waals surface area (Å²) in [6, 6.07) is 3.57. The summed E-state index contributed by atoms with van der Waals surface area (Å²) in [4.78, 5) is 11.6. The van der Waals surface area contributed by atoms with Gasteiger partial charge in [0.25, 0.3) is 0 Å². The van der Waals surface area contributed by atoms with E-state index in [2.05, 4.69) is 15.9 Å². The molecule has 1 atom stereocenters. The summed E-state index contributed by atoms with van der Waals surface area (Å²) in [5.41, 5.74) is 1.67. The van der Waals surface area contributed by atoms with Crippen LogP contribution < -0.4 is 9.47 Å². The molecule has 1 aliphatic rings. The molecule has 0 saturated carbocycles. The zero-order valence-electron chi connectivity index (χ0n) is 8.54. The predicted molar refractivity (Wildman–Crippen MR) is 60.3 cm³/mol. The maximum atomic E-state index is 11.8. The third kappa shape index (κ3) is 1.63. The van der Waals surface area contributed by atoms with Crippen LogP contribution >= 0.6 is 15.9 Å². The molecule has 0 N–H and O–H groups in total. The first-order chi connectivity index (χ1) is 7.17. The lowest BCUT2D eigenvalue weighted by molar-refractivity contribution is 0.100. The quantitative estimate of drug-likeness (QED) is 0.773. The lowest BCUT2D eigenvalue weighted by Crippen LogP contribution is -2.06. The summed E-state index contributed by atoms with van der Waals surface area (Å²) in [6.07, 6.45) is 0.682. The minimum atomic E-state index is -0.131. The molecule has 0 spiro atoms. The summed E-state index contributed by atoms with van der Waals surface area (Å²) < 4.78 is 10.4. The van der Waals surface area contributed by atoms with Crippen LogP contribution in [0.3, 0.4) is 0 Å². The number of benzene rings is 1. The van der Waals surface area contributed by atoms with E-state index in [9.17, 15) is 4.79 Å². The lowest BCUT2D eigenvalue weighted by atomic mass is 10.1. The van der Waals surface area contributed by atoms with Gasteiger partial charge in [0.15, 0.2) is 5.78 Å². The van der Waals surface area contributed by atoms with E-state index in [0.29, 0.717) is 17.7 Å². The van der Waals surface area contributed by atoms with Gasteiger partial charge in [0.2, 0.25) is 0 Å². The molecule has 1 aromatic rings. The van der Waals surface area contributed by atoms with Crippen LogP contribution in [0.25, 0.3) is 0 Å². The van der Waals surface area contributed by atoms with Crippen LogP contribution in [0.5, 0.6) is 11.5 Å². The Hall–Kier alpha value is -1.03. The monoisotopic (exact) mass is 270 g/mol. The van der Waals surface area contributed by atoms with Crippen LogP contribution in [0.2, 0.25) is 0 Å². The highest BCUT2D eigenvalue weighted by Gasteiger charge is 2.31. The first-order valence-electron chi connectivity index (χ1n) is 4.60. The van der Waals surface area contributed by atoms with Crippen LogP contribution in [-0.2, 0) is 6.42 Å². The summed E-state index contributed by atoms with van der Waals surface area (Å²) >= 11 is 3.35. The maximum absolute atomic E-state index is 11.8. The first kappa shape index (κ1) is 10.5. The van der Waals surface area contributed by atoms with Crippen molar-refractivity contribution in [3.8, 4) is 11.5 Å². The van der Waals surface area contributed by atoms with E-state index < -0.39 is 0 Å².